The Morgan fingerprint density at radius 2 is 2.00 bits per heavy atom. The topological polar surface area (TPSA) is 205 Å². The zero-order chi connectivity index (χ0) is 25.3. The van der Waals surface area contributed by atoms with Crippen molar-refractivity contribution in [3.05, 3.63) is 47.2 Å². The highest BCUT2D eigenvalue weighted by Crippen LogP contribution is 2.41. The average molecular weight is 543 g/mol. The third-order valence-electron chi connectivity index (χ3n) is 5.07. The van der Waals surface area contributed by atoms with Crippen LogP contribution in [-0.2, 0) is 30.4 Å². The summed E-state index contributed by atoms with van der Waals surface area (Å²) in [7, 11) is -4.40. The number of hydrogen-bond donors (Lipinski definition) is 4. The van der Waals surface area contributed by atoms with E-state index in [1.165, 1.54) is 11.8 Å². The number of nitrogens with zero attached hydrogens (tertiary/aromatic N) is 5. The fourth-order valence-corrected chi connectivity index (χ4v) is 6.43. The van der Waals surface area contributed by atoms with Gasteiger partial charge in [-0.3, -0.25) is 19.0 Å². The molecule has 0 radical (unpaired) electrons. The summed E-state index contributed by atoms with van der Waals surface area (Å²) in [5.74, 6) is -3.39. The molecule has 4 rings (SSSR count). The number of benzene rings is 1. The van der Waals surface area contributed by atoms with E-state index in [-0.39, 0.29) is 22.4 Å². The number of carboxylic acid groups (broad SMARTS) is 1. The first-order chi connectivity index (χ1) is 16.6. The van der Waals surface area contributed by atoms with Crippen LogP contribution in [0, 0.1) is 0 Å². The maximum Gasteiger partial charge on any atom is 0.352 e. The van der Waals surface area contributed by atoms with E-state index in [0.29, 0.717) is 11.1 Å². The molecule has 4 N–H and O–H groups in total. The van der Waals surface area contributed by atoms with Crippen LogP contribution in [-0.4, -0.2) is 89.0 Å². The summed E-state index contributed by atoms with van der Waals surface area (Å²) in [5, 5.41) is 32.4. The van der Waals surface area contributed by atoms with Gasteiger partial charge in [-0.2, -0.15) is 8.42 Å². The lowest BCUT2D eigenvalue weighted by Crippen LogP contribution is -2.70. The Hall–Kier alpha value is -2.99. The molecule has 35 heavy (non-hydrogen) atoms. The van der Waals surface area contributed by atoms with Gasteiger partial charge < -0.3 is 15.5 Å². The van der Waals surface area contributed by atoms with Gasteiger partial charge in [-0.25, -0.2) is 9.48 Å². The van der Waals surface area contributed by atoms with Crippen LogP contribution >= 0.6 is 23.5 Å². The largest absolute Gasteiger partial charge is 0.477 e. The van der Waals surface area contributed by atoms with E-state index >= 15 is 0 Å². The average Bonchev–Trinajstić information content (AvgIpc) is 3.25. The molecule has 2 aliphatic heterocycles. The zero-order valence-corrected chi connectivity index (χ0v) is 20.0. The van der Waals surface area contributed by atoms with Crippen LogP contribution in [0.4, 0.5) is 0 Å². The fraction of sp³-hybridized carbons (Fsp3) is 0.333. The van der Waals surface area contributed by atoms with Crippen LogP contribution in [0.1, 0.15) is 11.7 Å². The van der Waals surface area contributed by atoms with Gasteiger partial charge in [-0.05, 0) is 21.6 Å². The molecule has 1 aromatic carbocycles. The molecule has 1 fully saturated rings. The zero-order valence-electron chi connectivity index (χ0n) is 17.6. The molecule has 17 heteroatoms. The molecule has 14 nitrogen and oxygen atoms in total. The van der Waals surface area contributed by atoms with Crippen LogP contribution in [0.2, 0.25) is 0 Å². The molecule has 2 aliphatic rings. The lowest BCUT2D eigenvalue weighted by Gasteiger charge is -2.49. The van der Waals surface area contributed by atoms with E-state index in [4.69, 9.17) is 4.55 Å². The molecular formula is C18H18N6O8S3. The number of tetrazole rings is 1. The number of β-lactam (4-membered cyclic amide) rings is 1. The summed E-state index contributed by atoms with van der Waals surface area (Å²) in [6, 6.07) is 7.17. The number of aliphatic hydroxyl groups is 1. The Labute approximate surface area is 206 Å². The quantitative estimate of drug-likeness (QED) is 0.172. The summed E-state index contributed by atoms with van der Waals surface area (Å²) >= 11 is 2.17. The standard InChI is InChI=1S/C18H18N6O8S3/c25-13(9-4-2-1-3-5-9)14(26)19-11-15(27)24-12(17(28)29)10(6-33-16(11)24)7-34-18-20-21-22-23(18)8-35(30,31)32/h1-5,11,13,16,25H,6-8H2,(H,19,26)(H,28,29)(H,30,31,32)/t11?,13-,16-/m1/s1. The van der Waals surface area contributed by atoms with Gasteiger partial charge in [0.15, 0.2) is 12.0 Å². The molecule has 1 unspecified atom stereocenters. The van der Waals surface area contributed by atoms with E-state index in [2.05, 4.69) is 20.8 Å². The Balaban J connectivity index is 1.46. The number of carbonyl (C=O) groups excluding carboxylic acids is 2. The third-order valence-corrected chi connectivity index (χ3v) is 8.03. The normalized spacial score (nSPS) is 20.7. The Kier molecular flexibility index (Phi) is 7.13. The fourth-order valence-electron chi connectivity index (χ4n) is 3.50. The lowest BCUT2D eigenvalue weighted by molar-refractivity contribution is -0.151. The predicted molar refractivity (Wildman–Crippen MR) is 121 cm³/mol. The number of hydrogen-bond acceptors (Lipinski definition) is 11. The number of rotatable bonds is 9. The summed E-state index contributed by atoms with van der Waals surface area (Å²) in [4.78, 5) is 38.3. The molecule has 0 aliphatic carbocycles. The number of carbonyl (C=O) groups is 3. The maximum absolute atomic E-state index is 12.8. The SMILES string of the molecule is O=C(O)C1=C(CSc2nnnn2CS(=O)(=O)O)CS[C@@H]2C(NC(=O)[C@H](O)c3ccccc3)C(=O)N12. The van der Waals surface area contributed by atoms with Gasteiger partial charge in [0.25, 0.3) is 21.9 Å². The number of nitrogens with one attached hydrogen (secondary N) is 1. The van der Waals surface area contributed by atoms with Crippen molar-refractivity contribution in [1.29, 1.82) is 0 Å². The minimum Gasteiger partial charge on any atom is -0.477 e. The molecule has 186 valence electrons. The van der Waals surface area contributed by atoms with Gasteiger partial charge in [0.1, 0.15) is 17.1 Å². The van der Waals surface area contributed by atoms with E-state index in [1.807, 2.05) is 0 Å². The summed E-state index contributed by atoms with van der Waals surface area (Å²) in [6.07, 6.45) is -1.48. The molecule has 0 saturated carbocycles. The summed E-state index contributed by atoms with van der Waals surface area (Å²) in [5.41, 5.74) is 0.480. The van der Waals surface area contributed by atoms with Gasteiger partial charge >= 0.3 is 5.97 Å². The van der Waals surface area contributed by atoms with Crippen molar-refractivity contribution in [3.8, 4) is 0 Å². The first-order valence-electron chi connectivity index (χ1n) is 9.84. The first kappa shape index (κ1) is 25.1. The number of aliphatic hydroxyl groups excluding tert-OH is 1. The second-order valence-electron chi connectivity index (χ2n) is 7.43. The van der Waals surface area contributed by atoms with Crippen LogP contribution < -0.4 is 5.32 Å². The molecular weight excluding hydrogens is 524 g/mol. The number of carboxylic acids is 1. The Morgan fingerprint density at radius 3 is 2.66 bits per heavy atom. The number of aliphatic carboxylic acids is 1. The summed E-state index contributed by atoms with van der Waals surface area (Å²) < 4.78 is 32.0. The number of fused-ring (bicyclic) bond motifs is 1. The second-order valence-corrected chi connectivity index (χ2v) is 10.9. The second kappa shape index (κ2) is 9.94. The van der Waals surface area contributed by atoms with Crippen molar-refractivity contribution < 1.29 is 37.6 Å². The van der Waals surface area contributed by atoms with Crippen LogP contribution in [0.15, 0.2) is 46.8 Å². The van der Waals surface area contributed by atoms with Gasteiger partial charge in [-0.1, -0.05) is 42.1 Å². The molecule has 2 aromatic rings. The predicted octanol–water partition coefficient (Wildman–Crippen LogP) is -0.917. The van der Waals surface area contributed by atoms with Crippen LogP contribution in [0.5, 0.6) is 0 Å². The molecule has 0 spiro atoms. The Bertz CT molecular complexity index is 1300. The van der Waals surface area contributed by atoms with E-state index in [0.717, 1.165) is 21.3 Å². The lowest BCUT2D eigenvalue weighted by atomic mass is 10.0. The number of aromatic nitrogens is 4. The van der Waals surface area contributed by atoms with Gasteiger partial charge in [0.2, 0.25) is 5.16 Å². The highest BCUT2D eigenvalue weighted by molar-refractivity contribution is 8.01. The molecule has 2 amide bonds. The van der Waals surface area contributed by atoms with Gasteiger partial charge in [0.05, 0.1) is 0 Å². The minimum atomic E-state index is -4.40. The van der Waals surface area contributed by atoms with E-state index in [9.17, 15) is 33.0 Å². The maximum atomic E-state index is 12.8. The van der Waals surface area contributed by atoms with Crippen LogP contribution in [0.3, 0.4) is 0 Å². The van der Waals surface area contributed by atoms with Crippen LogP contribution in [0.25, 0.3) is 0 Å². The van der Waals surface area contributed by atoms with Crippen molar-refractivity contribution in [2.45, 2.75) is 28.6 Å². The first-order valence-corrected chi connectivity index (χ1v) is 13.5. The molecule has 1 saturated heterocycles. The number of amides is 2. The third kappa shape index (κ3) is 5.32. The van der Waals surface area contributed by atoms with Gasteiger partial charge in [0, 0.05) is 11.5 Å². The molecule has 0 bridgehead atoms. The minimum absolute atomic E-state index is 0.0285. The monoisotopic (exact) mass is 542 g/mol. The number of thioether (sulfide) groups is 2. The van der Waals surface area contributed by atoms with Gasteiger partial charge in [-0.15, -0.1) is 16.9 Å². The van der Waals surface area contributed by atoms with Crippen molar-refractivity contribution in [2.24, 2.45) is 0 Å². The molecule has 3 atom stereocenters. The van der Waals surface area contributed by atoms with E-state index < -0.39 is 51.3 Å². The summed E-state index contributed by atoms with van der Waals surface area (Å²) in [6.45, 7) is 0. The Morgan fingerprint density at radius 1 is 1.29 bits per heavy atom. The highest BCUT2D eigenvalue weighted by Gasteiger charge is 2.54. The molecule has 1 aromatic heterocycles. The van der Waals surface area contributed by atoms with Crippen molar-refractivity contribution in [2.75, 3.05) is 11.5 Å². The molecule has 3 heterocycles. The van der Waals surface area contributed by atoms with Crippen molar-refractivity contribution >= 4 is 51.4 Å². The highest BCUT2D eigenvalue weighted by atomic mass is 32.2. The smallest absolute Gasteiger partial charge is 0.352 e. The van der Waals surface area contributed by atoms with E-state index in [1.54, 1.807) is 30.3 Å². The van der Waals surface area contributed by atoms with Crippen molar-refractivity contribution in [3.63, 3.8) is 0 Å². The van der Waals surface area contributed by atoms with Crippen molar-refractivity contribution in [1.82, 2.24) is 30.4 Å².